The molecule has 3 aromatic rings. The van der Waals surface area contributed by atoms with Gasteiger partial charge in [0.05, 0.1) is 17.7 Å². The molecule has 1 saturated heterocycles. The van der Waals surface area contributed by atoms with Crippen molar-refractivity contribution in [3.05, 3.63) is 78.0 Å². The number of hydrogen-bond donors (Lipinski definition) is 0. The van der Waals surface area contributed by atoms with Crippen LogP contribution in [0.15, 0.2) is 61.2 Å². The normalized spacial score (nSPS) is 18.8. The molecule has 2 aromatic carbocycles. The molecule has 180 valence electrons. The van der Waals surface area contributed by atoms with Crippen LogP contribution >= 0.6 is 0 Å². The second kappa shape index (κ2) is 9.67. The van der Waals surface area contributed by atoms with Crippen LogP contribution in [0.1, 0.15) is 56.2 Å². The molecule has 34 heavy (non-hydrogen) atoms. The molecule has 0 N–H and O–H groups in total. The molecular formula is C29H36N2O3. The maximum atomic E-state index is 13.8. The van der Waals surface area contributed by atoms with Gasteiger partial charge in [-0.3, -0.25) is 4.79 Å². The number of benzene rings is 2. The van der Waals surface area contributed by atoms with Gasteiger partial charge in [-0.05, 0) is 48.6 Å². The summed E-state index contributed by atoms with van der Waals surface area (Å²) in [4.78, 5) is 15.7. The van der Waals surface area contributed by atoms with Gasteiger partial charge in [0.25, 0.3) is 5.91 Å². The Morgan fingerprint density at radius 3 is 2.41 bits per heavy atom. The SMILES string of the molecule is C=CCOc1cccc2c1cc(C(=O)N1CC(C)OC(C)C1)n2Cc1ccc(C(C)(C)C)cc1. The molecule has 1 aliphatic heterocycles. The number of rotatable bonds is 6. The summed E-state index contributed by atoms with van der Waals surface area (Å²) >= 11 is 0. The van der Waals surface area contributed by atoms with E-state index in [0.29, 0.717) is 31.9 Å². The highest BCUT2D eigenvalue weighted by Crippen LogP contribution is 2.31. The Bertz CT molecular complexity index is 1160. The topological polar surface area (TPSA) is 43.7 Å². The van der Waals surface area contributed by atoms with E-state index < -0.39 is 0 Å². The molecule has 4 rings (SSSR count). The van der Waals surface area contributed by atoms with E-state index in [9.17, 15) is 4.79 Å². The lowest BCUT2D eigenvalue weighted by Crippen LogP contribution is -2.48. The fourth-order valence-electron chi connectivity index (χ4n) is 4.68. The second-order valence-electron chi connectivity index (χ2n) is 10.3. The van der Waals surface area contributed by atoms with Gasteiger partial charge in [0.2, 0.25) is 0 Å². The van der Waals surface area contributed by atoms with Gasteiger partial charge in [0.1, 0.15) is 18.1 Å². The lowest BCUT2D eigenvalue weighted by Gasteiger charge is -2.35. The predicted octanol–water partition coefficient (Wildman–Crippen LogP) is 5.80. The molecular weight excluding hydrogens is 424 g/mol. The van der Waals surface area contributed by atoms with Gasteiger partial charge in [-0.15, -0.1) is 0 Å². The molecule has 0 aliphatic carbocycles. The van der Waals surface area contributed by atoms with E-state index in [1.165, 1.54) is 5.56 Å². The smallest absolute Gasteiger partial charge is 0.270 e. The van der Waals surface area contributed by atoms with Crippen molar-refractivity contribution < 1.29 is 14.3 Å². The van der Waals surface area contributed by atoms with E-state index in [0.717, 1.165) is 22.2 Å². The third kappa shape index (κ3) is 5.05. The minimum Gasteiger partial charge on any atom is -0.489 e. The zero-order valence-electron chi connectivity index (χ0n) is 21.0. The molecule has 2 heterocycles. The molecule has 1 aliphatic rings. The lowest BCUT2D eigenvalue weighted by molar-refractivity contribution is -0.0588. The van der Waals surface area contributed by atoms with Crippen molar-refractivity contribution in [2.45, 2.75) is 58.8 Å². The Kier molecular flexibility index (Phi) is 6.85. The summed E-state index contributed by atoms with van der Waals surface area (Å²) in [5, 5.41) is 0.938. The van der Waals surface area contributed by atoms with Crippen molar-refractivity contribution in [3.8, 4) is 5.75 Å². The van der Waals surface area contributed by atoms with Crippen molar-refractivity contribution >= 4 is 16.8 Å². The summed E-state index contributed by atoms with van der Waals surface area (Å²) in [6, 6.07) is 16.7. The largest absolute Gasteiger partial charge is 0.489 e. The average Bonchev–Trinajstić information content (AvgIpc) is 3.15. The Labute approximate surface area is 203 Å². The maximum absolute atomic E-state index is 13.8. The van der Waals surface area contributed by atoms with Gasteiger partial charge >= 0.3 is 0 Å². The molecule has 2 atom stereocenters. The van der Waals surface area contributed by atoms with Crippen LogP contribution in [0.4, 0.5) is 0 Å². The number of aromatic nitrogens is 1. The molecule has 0 spiro atoms. The van der Waals surface area contributed by atoms with Gasteiger partial charge < -0.3 is 18.9 Å². The first kappa shape index (κ1) is 24.1. The van der Waals surface area contributed by atoms with Crippen LogP contribution in [0.25, 0.3) is 10.9 Å². The highest BCUT2D eigenvalue weighted by Gasteiger charge is 2.29. The number of amides is 1. The van der Waals surface area contributed by atoms with E-state index in [1.807, 2.05) is 36.9 Å². The lowest BCUT2D eigenvalue weighted by atomic mass is 9.87. The fourth-order valence-corrected chi connectivity index (χ4v) is 4.68. The first-order valence-corrected chi connectivity index (χ1v) is 12.1. The monoisotopic (exact) mass is 460 g/mol. The van der Waals surface area contributed by atoms with Crippen molar-refractivity contribution in [2.24, 2.45) is 0 Å². The van der Waals surface area contributed by atoms with Gasteiger partial charge in [-0.25, -0.2) is 0 Å². The molecule has 5 heteroatoms. The minimum atomic E-state index is 0.0157. The minimum absolute atomic E-state index is 0.0157. The quantitative estimate of drug-likeness (QED) is 0.437. The first-order valence-electron chi connectivity index (χ1n) is 12.1. The van der Waals surface area contributed by atoms with Crippen LogP contribution in [0.2, 0.25) is 0 Å². The second-order valence-corrected chi connectivity index (χ2v) is 10.3. The number of nitrogens with zero attached hydrogens (tertiary/aromatic N) is 2. The summed E-state index contributed by atoms with van der Waals surface area (Å²) in [6.45, 7) is 16.6. The summed E-state index contributed by atoms with van der Waals surface area (Å²) in [5.74, 6) is 0.788. The Morgan fingerprint density at radius 1 is 1.12 bits per heavy atom. The van der Waals surface area contributed by atoms with Crippen molar-refractivity contribution in [3.63, 3.8) is 0 Å². The van der Waals surface area contributed by atoms with Crippen LogP contribution in [0.5, 0.6) is 5.75 Å². The average molecular weight is 461 g/mol. The molecule has 5 nitrogen and oxygen atoms in total. The molecule has 1 aromatic heterocycles. The van der Waals surface area contributed by atoms with Gasteiger partial charge in [-0.2, -0.15) is 0 Å². The number of carbonyl (C=O) groups excluding carboxylic acids is 1. The van der Waals surface area contributed by atoms with Crippen molar-refractivity contribution in [2.75, 3.05) is 19.7 Å². The zero-order chi connectivity index (χ0) is 24.5. The van der Waals surface area contributed by atoms with Gasteiger partial charge in [0, 0.05) is 25.0 Å². The molecule has 0 radical (unpaired) electrons. The van der Waals surface area contributed by atoms with E-state index in [1.54, 1.807) is 6.08 Å². The maximum Gasteiger partial charge on any atom is 0.270 e. The fraction of sp³-hybridized carbons (Fsp3) is 0.414. The molecule has 1 amide bonds. The van der Waals surface area contributed by atoms with E-state index >= 15 is 0 Å². The van der Waals surface area contributed by atoms with Crippen LogP contribution in [0, 0.1) is 0 Å². The van der Waals surface area contributed by atoms with Crippen LogP contribution in [-0.2, 0) is 16.7 Å². The van der Waals surface area contributed by atoms with E-state index in [-0.39, 0.29) is 23.5 Å². The third-order valence-corrected chi connectivity index (χ3v) is 6.35. The Hall–Kier alpha value is -3.05. The Morgan fingerprint density at radius 2 is 1.79 bits per heavy atom. The standard InChI is InChI=1S/C29H36N2O3/c1-7-15-33-27-10-8-9-25-24(27)16-26(28(32)30-17-20(2)34-21(3)18-30)31(25)19-22-11-13-23(14-12-22)29(4,5)6/h7-14,16,20-21H,1,15,17-19H2,2-6H3. The van der Waals surface area contributed by atoms with Crippen molar-refractivity contribution in [1.29, 1.82) is 0 Å². The molecule has 0 saturated carbocycles. The number of fused-ring (bicyclic) bond motifs is 1. The molecule has 2 unspecified atom stereocenters. The third-order valence-electron chi connectivity index (χ3n) is 6.35. The Balaban J connectivity index is 1.76. The van der Waals surface area contributed by atoms with Gasteiger partial charge in [0.15, 0.2) is 0 Å². The van der Waals surface area contributed by atoms with Crippen LogP contribution in [-0.4, -0.2) is 47.3 Å². The zero-order valence-corrected chi connectivity index (χ0v) is 21.0. The number of ether oxygens (including phenoxy) is 2. The summed E-state index contributed by atoms with van der Waals surface area (Å²) in [5.41, 5.74) is 4.20. The number of morpholine rings is 1. The van der Waals surface area contributed by atoms with E-state index in [2.05, 4.69) is 62.2 Å². The molecule has 0 bridgehead atoms. The van der Waals surface area contributed by atoms with E-state index in [4.69, 9.17) is 9.47 Å². The molecule has 1 fully saturated rings. The van der Waals surface area contributed by atoms with Crippen molar-refractivity contribution in [1.82, 2.24) is 9.47 Å². The first-order chi connectivity index (χ1) is 16.2. The number of carbonyl (C=O) groups is 1. The highest BCUT2D eigenvalue weighted by atomic mass is 16.5. The summed E-state index contributed by atoms with van der Waals surface area (Å²) in [6.07, 6.45) is 1.76. The van der Waals surface area contributed by atoms with Crippen LogP contribution < -0.4 is 4.74 Å². The highest BCUT2D eigenvalue weighted by molar-refractivity contribution is 6.00. The number of hydrogen-bond acceptors (Lipinski definition) is 3. The predicted molar refractivity (Wildman–Crippen MR) is 138 cm³/mol. The van der Waals surface area contributed by atoms with Gasteiger partial charge in [-0.1, -0.05) is 63.8 Å². The summed E-state index contributed by atoms with van der Waals surface area (Å²) in [7, 11) is 0. The van der Waals surface area contributed by atoms with Crippen LogP contribution in [0.3, 0.4) is 0 Å². The summed E-state index contributed by atoms with van der Waals surface area (Å²) < 4.78 is 13.9.